The molecular formula is C9H13BrN4S. The molecule has 0 fully saturated rings. The fourth-order valence-electron chi connectivity index (χ4n) is 1.17. The highest BCUT2D eigenvalue weighted by Gasteiger charge is 2.12. The van der Waals surface area contributed by atoms with Crippen molar-refractivity contribution in [1.29, 1.82) is 0 Å². The molecule has 0 spiro atoms. The number of halogens is 1. The van der Waals surface area contributed by atoms with E-state index in [0.29, 0.717) is 4.99 Å². The molecule has 15 heavy (non-hydrogen) atoms. The third kappa shape index (κ3) is 3.39. The molecule has 0 saturated carbocycles. The Balaban J connectivity index is 2.73. The molecule has 2 N–H and O–H groups in total. The topological polar surface area (TPSA) is 55.0 Å². The molecule has 4 nitrogen and oxygen atoms in total. The molecule has 0 aliphatic rings. The lowest BCUT2D eigenvalue weighted by atomic mass is 10.2. The molecule has 0 aromatic carbocycles. The van der Waals surface area contributed by atoms with E-state index in [1.807, 2.05) is 18.9 Å². The third-order valence-corrected chi connectivity index (χ3v) is 3.00. The monoisotopic (exact) mass is 288 g/mol. The van der Waals surface area contributed by atoms with Crippen LogP contribution in [0, 0.1) is 5.92 Å². The Labute approximate surface area is 103 Å². The highest BCUT2D eigenvalue weighted by atomic mass is 79.9. The van der Waals surface area contributed by atoms with Gasteiger partial charge in [-0.05, 0) is 15.9 Å². The smallest absolute Gasteiger partial charge is 0.146 e. The van der Waals surface area contributed by atoms with Gasteiger partial charge in [0.2, 0.25) is 0 Å². The average Bonchev–Trinajstić information content (AvgIpc) is 2.18. The number of hydrogen-bond acceptors (Lipinski definition) is 4. The Bertz CT molecular complexity index is 358. The number of aromatic nitrogens is 2. The lowest BCUT2D eigenvalue weighted by molar-refractivity contribution is 0.732. The first-order valence-electron chi connectivity index (χ1n) is 4.48. The van der Waals surface area contributed by atoms with Gasteiger partial charge in [0.1, 0.15) is 12.1 Å². The Morgan fingerprint density at radius 3 is 2.93 bits per heavy atom. The van der Waals surface area contributed by atoms with Crippen LogP contribution in [0.1, 0.15) is 6.92 Å². The maximum atomic E-state index is 5.56. The van der Waals surface area contributed by atoms with E-state index in [1.165, 1.54) is 6.33 Å². The van der Waals surface area contributed by atoms with E-state index in [2.05, 4.69) is 25.9 Å². The van der Waals surface area contributed by atoms with Crippen LogP contribution in [0.2, 0.25) is 0 Å². The van der Waals surface area contributed by atoms with Crippen LogP contribution in [0.3, 0.4) is 0 Å². The van der Waals surface area contributed by atoms with Crippen LogP contribution in [0.5, 0.6) is 0 Å². The maximum absolute atomic E-state index is 5.56. The van der Waals surface area contributed by atoms with Crippen molar-refractivity contribution in [2.45, 2.75) is 6.92 Å². The second-order valence-electron chi connectivity index (χ2n) is 3.38. The van der Waals surface area contributed by atoms with Crippen LogP contribution >= 0.6 is 28.1 Å². The summed E-state index contributed by atoms with van der Waals surface area (Å²) in [5.41, 5.74) is 5.56. The largest absolute Gasteiger partial charge is 0.393 e. The van der Waals surface area contributed by atoms with Gasteiger partial charge in [-0.2, -0.15) is 0 Å². The number of nitrogens with zero attached hydrogens (tertiary/aromatic N) is 3. The summed E-state index contributed by atoms with van der Waals surface area (Å²) in [6.07, 6.45) is 3.23. The first-order valence-corrected chi connectivity index (χ1v) is 5.68. The van der Waals surface area contributed by atoms with Crippen LogP contribution < -0.4 is 10.6 Å². The Hall–Kier alpha value is -0.750. The van der Waals surface area contributed by atoms with Gasteiger partial charge < -0.3 is 10.6 Å². The fraction of sp³-hybridized carbons (Fsp3) is 0.444. The summed E-state index contributed by atoms with van der Waals surface area (Å²) in [4.78, 5) is 10.6. The average molecular weight is 289 g/mol. The normalized spacial score (nSPS) is 12.2. The molecule has 0 aliphatic carbocycles. The molecule has 1 rings (SSSR count). The summed E-state index contributed by atoms with van der Waals surface area (Å²) >= 11 is 8.32. The van der Waals surface area contributed by atoms with E-state index in [0.717, 1.165) is 16.8 Å². The number of anilines is 1. The predicted octanol–water partition coefficient (Wildman–Crippen LogP) is 1.60. The predicted molar refractivity (Wildman–Crippen MR) is 69.0 cm³/mol. The molecule has 1 aromatic rings. The highest BCUT2D eigenvalue weighted by molar-refractivity contribution is 9.10. The number of hydrogen-bond donors (Lipinski definition) is 1. The van der Waals surface area contributed by atoms with Gasteiger partial charge >= 0.3 is 0 Å². The third-order valence-electron chi connectivity index (χ3n) is 2.04. The van der Waals surface area contributed by atoms with Crippen LogP contribution in [-0.2, 0) is 0 Å². The van der Waals surface area contributed by atoms with E-state index < -0.39 is 0 Å². The summed E-state index contributed by atoms with van der Waals surface area (Å²) < 4.78 is 0.864. The zero-order valence-corrected chi connectivity index (χ0v) is 11.0. The van der Waals surface area contributed by atoms with Gasteiger partial charge in [0.15, 0.2) is 0 Å². The summed E-state index contributed by atoms with van der Waals surface area (Å²) in [6, 6.07) is 0. The van der Waals surface area contributed by atoms with Crippen molar-refractivity contribution in [3.8, 4) is 0 Å². The van der Waals surface area contributed by atoms with Crippen LogP contribution in [0.25, 0.3) is 0 Å². The molecule has 6 heteroatoms. The lowest BCUT2D eigenvalue weighted by Crippen LogP contribution is -2.32. The van der Waals surface area contributed by atoms with Crippen molar-refractivity contribution in [2.24, 2.45) is 11.7 Å². The van der Waals surface area contributed by atoms with Gasteiger partial charge in [-0.3, -0.25) is 0 Å². The molecule has 1 heterocycles. The van der Waals surface area contributed by atoms with Gasteiger partial charge in [-0.1, -0.05) is 19.1 Å². The summed E-state index contributed by atoms with van der Waals surface area (Å²) in [6.45, 7) is 2.73. The Morgan fingerprint density at radius 2 is 2.40 bits per heavy atom. The number of thiocarbonyl (C=S) groups is 1. The standard InChI is InChI=1S/C9H13BrN4S/c1-6(8(11)15)4-14(2)9-7(10)3-12-5-13-9/h3,5-6H,4H2,1-2H3,(H2,11,15). The van der Waals surface area contributed by atoms with Gasteiger partial charge in [0, 0.05) is 25.7 Å². The van der Waals surface area contributed by atoms with Gasteiger partial charge in [0.05, 0.1) is 9.46 Å². The molecule has 0 aliphatic heterocycles. The maximum Gasteiger partial charge on any atom is 0.146 e. The molecule has 1 unspecified atom stereocenters. The van der Waals surface area contributed by atoms with Crippen LogP contribution in [0.15, 0.2) is 17.0 Å². The van der Waals surface area contributed by atoms with Crippen molar-refractivity contribution >= 4 is 39.0 Å². The first-order chi connectivity index (χ1) is 7.02. The van der Waals surface area contributed by atoms with E-state index in [9.17, 15) is 0 Å². The molecule has 0 saturated heterocycles. The Kier molecular flexibility index (Phi) is 4.41. The molecule has 0 radical (unpaired) electrons. The van der Waals surface area contributed by atoms with E-state index in [-0.39, 0.29) is 5.92 Å². The highest BCUT2D eigenvalue weighted by Crippen LogP contribution is 2.21. The molecule has 1 aromatic heterocycles. The number of rotatable bonds is 4. The summed E-state index contributed by atoms with van der Waals surface area (Å²) in [5.74, 6) is 1.000. The zero-order chi connectivity index (χ0) is 11.4. The summed E-state index contributed by atoms with van der Waals surface area (Å²) in [5, 5.41) is 0. The minimum atomic E-state index is 0.159. The molecule has 1 atom stereocenters. The minimum Gasteiger partial charge on any atom is -0.393 e. The van der Waals surface area contributed by atoms with Crippen molar-refractivity contribution in [2.75, 3.05) is 18.5 Å². The second kappa shape index (κ2) is 5.37. The zero-order valence-electron chi connectivity index (χ0n) is 8.64. The van der Waals surface area contributed by atoms with Crippen LogP contribution in [-0.4, -0.2) is 28.5 Å². The van der Waals surface area contributed by atoms with Gasteiger partial charge in [-0.25, -0.2) is 9.97 Å². The SMILES string of the molecule is CC(CN(C)c1ncncc1Br)C(N)=S. The van der Waals surface area contributed by atoms with E-state index in [4.69, 9.17) is 18.0 Å². The molecule has 82 valence electrons. The van der Waals surface area contributed by atoms with Gasteiger partial charge in [0.25, 0.3) is 0 Å². The van der Waals surface area contributed by atoms with Gasteiger partial charge in [-0.15, -0.1) is 0 Å². The van der Waals surface area contributed by atoms with E-state index in [1.54, 1.807) is 6.20 Å². The van der Waals surface area contributed by atoms with Crippen molar-refractivity contribution in [1.82, 2.24) is 9.97 Å². The summed E-state index contributed by atoms with van der Waals surface area (Å²) in [7, 11) is 1.95. The van der Waals surface area contributed by atoms with Crippen molar-refractivity contribution in [3.63, 3.8) is 0 Å². The van der Waals surface area contributed by atoms with Crippen molar-refractivity contribution < 1.29 is 0 Å². The molecular weight excluding hydrogens is 276 g/mol. The van der Waals surface area contributed by atoms with E-state index >= 15 is 0 Å². The van der Waals surface area contributed by atoms with Crippen molar-refractivity contribution in [3.05, 3.63) is 17.0 Å². The molecule has 0 amide bonds. The lowest BCUT2D eigenvalue weighted by Gasteiger charge is -2.22. The second-order valence-corrected chi connectivity index (χ2v) is 4.70. The fourth-order valence-corrected chi connectivity index (χ4v) is 1.77. The molecule has 0 bridgehead atoms. The minimum absolute atomic E-state index is 0.159. The van der Waals surface area contributed by atoms with Crippen LogP contribution in [0.4, 0.5) is 5.82 Å². The quantitative estimate of drug-likeness (QED) is 0.853. The first kappa shape index (κ1) is 12.3. The Morgan fingerprint density at radius 1 is 1.73 bits per heavy atom. The number of nitrogens with two attached hydrogens (primary N) is 1.